The summed E-state index contributed by atoms with van der Waals surface area (Å²) in [6.45, 7) is 3.59. The number of aromatic nitrogens is 1. The molecule has 0 N–H and O–H groups in total. The second-order valence-electron chi connectivity index (χ2n) is 9.27. The Morgan fingerprint density at radius 3 is 2.10 bits per heavy atom. The van der Waals surface area contributed by atoms with Gasteiger partial charge in [-0.1, -0.05) is 24.3 Å². The molecule has 0 atom stereocenters. The van der Waals surface area contributed by atoms with E-state index in [1.54, 1.807) is 49.6 Å². The third-order valence-corrected chi connectivity index (χ3v) is 7.85. The van der Waals surface area contributed by atoms with Crippen LogP contribution in [0, 0.1) is 34.0 Å². The predicted octanol–water partition coefficient (Wildman–Crippen LogP) is 7.55. The molecule has 3 aromatic rings. The normalized spacial score (nSPS) is 14.5. The zero-order valence-corrected chi connectivity index (χ0v) is 23.6. The number of hydrogen-bond acceptors (Lipinski definition) is 8. The molecule has 1 aliphatic heterocycles. The summed E-state index contributed by atoms with van der Waals surface area (Å²) in [5.41, 5.74) is 2.06. The average molecular weight is 548 g/mol. The predicted molar refractivity (Wildman–Crippen MR) is 160 cm³/mol. The van der Waals surface area contributed by atoms with Crippen molar-refractivity contribution >= 4 is 58.7 Å². The molecule has 0 amide bonds. The van der Waals surface area contributed by atoms with Crippen molar-refractivity contribution < 1.29 is 4.74 Å². The molecule has 0 bridgehead atoms. The van der Waals surface area contributed by atoms with Crippen LogP contribution in [0.5, 0.6) is 0 Å². The lowest BCUT2D eigenvalue weighted by Crippen LogP contribution is -2.20. The molecule has 1 aromatic carbocycles. The van der Waals surface area contributed by atoms with Gasteiger partial charge in [-0.15, -0.1) is 22.7 Å². The van der Waals surface area contributed by atoms with E-state index in [1.807, 2.05) is 26.2 Å². The molecule has 6 nitrogen and oxygen atoms in total. The Balaban J connectivity index is 1.45. The van der Waals surface area contributed by atoms with Crippen LogP contribution in [0.25, 0.3) is 30.4 Å². The maximum atomic E-state index is 9.68. The quantitative estimate of drug-likeness (QED) is 0.283. The van der Waals surface area contributed by atoms with Gasteiger partial charge in [-0.25, -0.2) is 4.98 Å². The van der Waals surface area contributed by atoms with Gasteiger partial charge in [0, 0.05) is 46.2 Å². The number of hydrogen-bond donors (Lipinski definition) is 0. The summed E-state index contributed by atoms with van der Waals surface area (Å²) in [6.07, 6.45) is 13.7. The molecule has 4 rings (SSSR count). The van der Waals surface area contributed by atoms with Gasteiger partial charge in [0.2, 0.25) is 0 Å². The standard InChI is InChI=1S/C31H25N5OS2/c1-31(2)28(27(19-34)30(37-31)22(17-32)18-33)15-16-29-35-20-26(39-29)14-13-25-12-11-24(38-25)10-7-21-5-8-23(9-6-21)36(3)4/h5-16,20H,1-4H3/b10-7+,14-13+,16-15+. The van der Waals surface area contributed by atoms with Gasteiger partial charge in [-0.05, 0) is 68.0 Å². The van der Waals surface area contributed by atoms with Gasteiger partial charge in [-0.3, -0.25) is 0 Å². The number of allylic oxidation sites excluding steroid dienone is 2. The number of benzene rings is 1. The summed E-state index contributed by atoms with van der Waals surface area (Å²) in [6, 6.07) is 18.3. The fourth-order valence-corrected chi connectivity index (χ4v) is 5.41. The van der Waals surface area contributed by atoms with E-state index in [-0.39, 0.29) is 16.9 Å². The number of thiazole rings is 1. The maximum absolute atomic E-state index is 9.68. The van der Waals surface area contributed by atoms with Gasteiger partial charge in [0.15, 0.2) is 11.3 Å². The zero-order valence-electron chi connectivity index (χ0n) is 22.0. The van der Waals surface area contributed by atoms with E-state index in [1.165, 1.54) is 21.9 Å². The van der Waals surface area contributed by atoms with Crippen LogP contribution in [0.3, 0.4) is 0 Å². The first kappa shape index (κ1) is 27.4. The van der Waals surface area contributed by atoms with Crippen molar-refractivity contribution in [2.24, 2.45) is 0 Å². The van der Waals surface area contributed by atoms with Crippen LogP contribution in [0.1, 0.15) is 39.0 Å². The second kappa shape index (κ2) is 11.8. The van der Waals surface area contributed by atoms with Crippen LogP contribution in [-0.4, -0.2) is 24.7 Å². The van der Waals surface area contributed by atoms with Crippen molar-refractivity contribution in [3.8, 4) is 18.2 Å². The molecule has 2 aromatic heterocycles. The molecule has 1 aliphatic rings. The molecule has 3 heterocycles. The summed E-state index contributed by atoms with van der Waals surface area (Å²) in [7, 11) is 4.06. The smallest absolute Gasteiger partial charge is 0.172 e. The molecule has 0 aliphatic carbocycles. The Hall–Kier alpha value is -4.68. The molecule has 0 saturated carbocycles. The number of anilines is 1. The van der Waals surface area contributed by atoms with E-state index < -0.39 is 5.60 Å². The largest absolute Gasteiger partial charge is 0.480 e. The molecule has 8 heteroatoms. The van der Waals surface area contributed by atoms with Crippen LogP contribution in [0.4, 0.5) is 5.69 Å². The van der Waals surface area contributed by atoms with E-state index in [0.717, 1.165) is 20.3 Å². The van der Waals surface area contributed by atoms with E-state index >= 15 is 0 Å². The van der Waals surface area contributed by atoms with Crippen molar-refractivity contribution in [3.05, 3.63) is 96.4 Å². The molecule has 192 valence electrons. The van der Waals surface area contributed by atoms with E-state index in [2.05, 4.69) is 70.6 Å². The van der Waals surface area contributed by atoms with Gasteiger partial charge >= 0.3 is 0 Å². The van der Waals surface area contributed by atoms with E-state index in [0.29, 0.717) is 5.57 Å². The number of rotatable bonds is 7. The van der Waals surface area contributed by atoms with E-state index in [4.69, 9.17) is 4.74 Å². The van der Waals surface area contributed by atoms with Crippen LogP contribution < -0.4 is 4.90 Å². The lowest BCUT2D eigenvalue weighted by Gasteiger charge is -2.20. The Morgan fingerprint density at radius 1 is 0.846 bits per heavy atom. The summed E-state index contributed by atoms with van der Waals surface area (Å²) in [5, 5.41) is 28.9. The first-order valence-electron chi connectivity index (χ1n) is 12.0. The Kier molecular flexibility index (Phi) is 8.27. The molecule has 0 spiro atoms. The fourth-order valence-electron chi connectivity index (χ4n) is 3.87. The minimum atomic E-state index is -0.850. The first-order chi connectivity index (χ1) is 18.7. The van der Waals surface area contributed by atoms with Crippen molar-refractivity contribution in [1.82, 2.24) is 4.98 Å². The van der Waals surface area contributed by atoms with Crippen molar-refractivity contribution in [3.63, 3.8) is 0 Å². The highest BCUT2D eigenvalue weighted by molar-refractivity contribution is 7.14. The van der Waals surface area contributed by atoms with Gasteiger partial charge < -0.3 is 9.64 Å². The molecular weight excluding hydrogens is 523 g/mol. The second-order valence-corrected chi connectivity index (χ2v) is 11.5. The van der Waals surface area contributed by atoms with E-state index in [9.17, 15) is 15.8 Å². The lowest BCUT2D eigenvalue weighted by molar-refractivity contribution is 0.0954. The summed E-state index contributed by atoms with van der Waals surface area (Å²) in [5.74, 6) is 0.0299. The highest BCUT2D eigenvalue weighted by Gasteiger charge is 2.38. The monoisotopic (exact) mass is 547 g/mol. The average Bonchev–Trinajstić information content (AvgIpc) is 3.63. The van der Waals surface area contributed by atoms with Crippen molar-refractivity contribution in [1.29, 1.82) is 15.8 Å². The molecule has 0 radical (unpaired) electrons. The van der Waals surface area contributed by atoms with Crippen LogP contribution in [0.2, 0.25) is 0 Å². The fraction of sp³-hybridized carbons (Fsp3) is 0.161. The third kappa shape index (κ3) is 6.43. The lowest BCUT2D eigenvalue weighted by atomic mass is 9.95. The topological polar surface area (TPSA) is 96.7 Å². The summed E-state index contributed by atoms with van der Waals surface area (Å²) in [4.78, 5) is 9.86. The Bertz CT molecular complexity index is 1640. The van der Waals surface area contributed by atoms with Crippen LogP contribution in [0.15, 0.2) is 71.1 Å². The van der Waals surface area contributed by atoms with Crippen molar-refractivity contribution in [2.45, 2.75) is 19.4 Å². The third-order valence-electron chi connectivity index (χ3n) is 5.91. The minimum absolute atomic E-state index is 0.0299. The van der Waals surface area contributed by atoms with Gasteiger partial charge in [0.05, 0.1) is 0 Å². The molecule has 0 saturated heterocycles. The number of nitrogens with zero attached hydrogens (tertiary/aromatic N) is 5. The summed E-state index contributed by atoms with van der Waals surface area (Å²) >= 11 is 3.23. The first-order valence-corrected chi connectivity index (χ1v) is 13.6. The van der Waals surface area contributed by atoms with Crippen molar-refractivity contribution in [2.75, 3.05) is 19.0 Å². The Morgan fingerprint density at radius 2 is 1.49 bits per heavy atom. The minimum Gasteiger partial charge on any atom is -0.480 e. The molecular formula is C31H25N5OS2. The number of nitriles is 3. The summed E-state index contributed by atoms with van der Waals surface area (Å²) < 4.78 is 5.80. The number of ether oxygens (including phenoxy) is 1. The van der Waals surface area contributed by atoms with Crippen LogP contribution >= 0.6 is 22.7 Å². The van der Waals surface area contributed by atoms with Crippen LogP contribution in [-0.2, 0) is 4.74 Å². The highest BCUT2D eigenvalue weighted by Crippen LogP contribution is 2.40. The zero-order chi connectivity index (χ0) is 28.0. The molecule has 39 heavy (non-hydrogen) atoms. The highest BCUT2D eigenvalue weighted by atomic mass is 32.1. The maximum Gasteiger partial charge on any atom is 0.172 e. The molecule has 0 fully saturated rings. The number of thiophene rings is 1. The van der Waals surface area contributed by atoms with Gasteiger partial charge in [0.1, 0.15) is 34.4 Å². The Labute approximate surface area is 236 Å². The van der Waals surface area contributed by atoms with Gasteiger partial charge in [-0.2, -0.15) is 15.8 Å². The van der Waals surface area contributed by atoms with Gasteiger partial charge in [0.25, 0.3) is 0 Å². The SMILES string of the molecule is CN(C)c1ccc(/C=C/c2ccc(/C=C/c3cnc(/C=C/C4=C(C#N)C(=C(C#N)C#N)OC4(C)C)s3)s2)cc1. The molecule has 0 unspecified atom stereocenters.